The molecule has 7 heteroatoms. The highest BCUT2D eigenvalue weighted by Gasteiger charge is 2.32. The molecule has 0 N–H and O–H groups in total. The maximum Gasteiger partial charge on any atom is 0.156 e. The Morgan fingerprint density at radius 3 is 2.68 bits per heavy atom. The monoisotopic (exact) mass is 373 g/mol. The van der Waals surface area contributed by atoms with Gasteiger partial charge in [0, 0.05) is 17.2 Å². The number of rotatable bonds is 5. The highest BCUT2D eigenvalue weighted by atomic mass is 32.2. The predicted octanol–water partition coefficient (Wildman–Crippen LogP) is 2.88. The molecule has 1 fully saturated rings. The molecule has 1 aromatic carbocycles. The molecule has 1 saturated heterocycles. The third-order valence-corrected chi connectivity index (χ3v) is 7.07. The molecule has 0 bridgehead atoms. The topological polar surface area (TPSA) is 64.8 Å². The van der Waals surface area contributed by atoms with E-state index in [4.69, 9.17) is 10.1 Å². The molecule has 1 atom stereocenters. The van der Waals surface area contributed by atoms with Gasteiger partial charge >= 0.3 is 0 Å². The maximum atomic E-state index is 11.9. The normalized spacial score (nSPS) is 19.3. The van der Waals surface area contributed by atoms with Crippen molar-refractivity contribution in [3.8, 4) is 0 Å². The van der Waals surface area contributed by atoms with Gasteiger partial charge in [0.1, 0.15) is 5.82 Å². The lowest BCUT2D eigenvalue weighted by Crippen LogP contribution is -2.12. The van der Waals surface area contributed by atoms with Crippen molar-refractivity contribution in [2.75, 3.05) is 11.5 Å². The molecular formula is C18H19N3O2S2. The summed E-state index contributed by atoms with van der Waals surface area (Å²) < 4.78 is 25.7. The van der Waals surface area contributed by atoms with Gasteiger partial charge in [-0.15, -0.1) is 11.3 Å². The molecule has 130 valence electrons. The van der Waals surface area contributed by atoms with E-state index >= 15 is 0 Å². The third-order valence-electron chi connectivity index (χ3n) is 4.43. The summed E-state index contributed by atoms with van der Waals surface area (Å²) in [5.74, 6) is 1.93. The molecule has 1 aliphatic rings. The molecule has 0 aliphatic carbocycles. The van der Waals surface area contributed by atoms with Gasteiger partial charge in [-0.3, -0.25) is 0 Å². The molecule has 2 aromatic heterocycles. The first-order valence-electron chi connectivity index (χ1n) is 8.29. The van der Waals surface area contributed by atoms with Gasteiger partial charge < -0.3 is 0 Å². The van der Waals surface area contributed by atoms with Gasteiger partial charge in [-0.2, -0.15) is 5.10 Å². The van der Waals surface area contributed by atoms with Crippen molar-refractivity contribution < 1.29 is 8.42 Å². The summed E-state index contributed by atoms with van der Waals surface area (Å²) in [5, 5.41) is 6.73. The van der Waals surface area contributed by atoms with Crippen LogP contribution in [0.15, 0.2) is 47.8 Å². The summed E-state index contributed by atoms with van der Waals surface area (Å²) in [6, 6.07) is 14.2. The first-order chi connectivity index (χ1) is 12.1. The zero-order valence-corrected chi connectivity index (χ0v) is 15.3. The van der Waals surface area contributed by atoms with Crippen LogP contribution in [0.3, 0.4) is 0 Å². The molecule has 3 heterocycles. The van der Waals surface area contributed by atoms with Crippen LogP contribution in [-0.4, -0.2) is 34.7 Å². The summed E-state index contributed by atoms with van der Waals surface area (Å²) in [4.78, 5) is 5.93. The van der Waals surface area contributed by atoms with Crippen LogP contribution < -0.4 is 0 Å². The van der Waals surface area contributed by atoms with Gasteiger partial charge in [0.2, 0.25) is 0 Å². The van der Waals surface area contributed by atoms with Crippen molar-refractivity contribution in [1.29, 1.82) is 0 Å². The molecule has 5 nitrogen and oxygen atoms in total. The number of hydrogen-bond acceptors (Lipinski definition) is 5. The Balaban J connectivity index is 1.66. The van der Waals surface area contributed by atoms with Gasteiger partial charge in [-0.05, 0) is 23.4 Å². The largest absolute Gasteiger partial charge is 0.245 e. The Morgan fingerprint density at radius 1 is 1.16 bits per heavy atom. The van der Waals surface area contributed by atoms with E-state index < -0.39 is 9.84 Å². The summed E-state index contributed by atoms with van der Waals surface area (Å²) in [6.07, 6.45) is 1.32. The number of aromatic nitrogens is 3. The van der Waals surface area contributed by atoms with Crippen LogP contribution in [0.1, 0.15) is 34.4 Å². The van der Waals surface area contributed by atoms with Gasteiger partial charge in [-0.25, -0.2) is 18.1 Å². The smallest absolute Gasteiger partial charge is 0.156 e. The number of nitrogens with zero attached hydrogens (tertiary/aromatic N) is 3. The summed E-state index contributed by atoms with van der Waals surface area (Å²) in [6.45, 7) is 0.615. The first kappa shape index (κ1) is 16.5. The lowest BCUT2D eigenvalue weighted by Gasteiger charge is -2.10. The SMILES string of the molecule is O=S1(=O)CC[C@@H](c2nc(Cc3cccs3)nn2Cc2ccccc2)C1. The molecule has 3 aromatic rings. The maximum absolute atomic E-state index is 11.9. The zero-order valence-electron chi connectivity index (χ0n) is 13.7. The van der Waals surface area contributed by atoms with Crippen LogP contribution in [0.2, 0.25) is 0 Å². The van der Waals surface area contributed by atoms with Crippen molar-refractivity contribution in [2.24, 2.45) is 0 Å². The fourth-order valence-corrected chi connectivity index (χ4v) is 5.66. The fraction of sp³-hybridized carbons (Fsp3) is 0.333. The standard InChI is InChI=1S/C18H19N3O2S2/c22-25(23)10-8-15(13-25)18-19-17(11-16-7-4-9-24-16)20-21(18)12-14-5-2-1-3-6-14/h1-7,9,15H,8,10-13H2/t15-/m1/s1. The quantitative estimate of drug-likeness (QED) is 0.690. The third kappa shape index (κ3) is 3.82. The lowest BCUT2D eigenvalue weighted by atomic mass is 10.1. The Hall–Kier alpha value is -1.99. The second kappa shape index (κ2) is 6.72. The average Bonchev–Trinajstić information content (AvgIpc) is 3.30. The van der Waals surface area contributed by atoms with Crippen LogP contribution in [0.4, 0.5) is 0 Å². The van der Waals surface area contributed by atoms with Crippen molar-refractivity contribution in [2.45, 2.75) is 25.3 Å². The van der Waals surface area contributed by atoms with Crippen LogP contribution in [0, 0.1) is 0 Å². The van der Waals surface area contributed by atoms with E-state index in [1.54, 1.807) is 11.3 Å². The van der Waals surface area contributed by atoms with E-state index in [-0.39, 0.29) is 17.4 Å². The highest BCUT2D eigenvalue weighted by molar-refractivity contribution is 7.91. The average molecular weight is 374 g/mol. The molecule has 0 saturated carbocycles. The van der Waals surface area contributed by atoms with Crippen molar-refractivity contribution >= 4 is 21.2 Å². The van der Waals surface area contributed by atoms with Gasteiger partial charge in [0.05, 0.1) is 18.1 Å². The highest BCUT2D eigenvalue weighted by Crippen LogP contribution is 2.28. The Bertz CT molecular complexity index is 948. The molecule has 0 radical (unpaired) electrons. The van der Waals surface area contributed by atoms with Crippen LogP contribution >= 0.6 is 11.3 Å². The summed E-state index contributed by atoms with van der Waals surface area (Å²) in [7, 11) is -2.95. The van der Waals surface area contributed by atoms with Crippen LogP contribution in [-0.2, 0) is 22.8 Å². The van der Waals surface area contributed by atoms with Crippen LogP contribution in [0.25, 0.3) is 0 Å². The van der Waals surface area contributed by atoms with E-state index in [0.717, 1.165) is 17.2 Å². The zero-order chi connectivity index (χ0) is 17.3. The fourth-order valence-electron chi connectivity index (χ4n) is 3.22. The van der Waals surface area contributed by atoms with Crippen molar-refractivity contribution in [3.05, 3.63) is 69.9 Å². The summed E-state index contributed by atoms with van der Waals surface area (Å²) in [5.41, 5.74) is 1.14. The van der Waals surface area contributed by atoms with Crippen LogP contribution in [0.5, 0.6) is 0 Å². The molecular weight excluding hydrogens is 354 g/mol. The molecule has 1 aliphatic heterocycles. The van der Waals surface area contributed by atoms with E-state index in [9.17, 15) is 8.42 Å². The number of hydrogen-bond donors (Lipinski definition) is 0. The second-order valence-corrected chi connectivity index (χ2v) is 9.65. The minimum atomic E-state index is -2.95. The molecule has 0 amide bonds. The van der Waals surface area contributed by atoms with E-state index in [1.807, 2.05) is 34.3 Å². The minimum absolute atomic E-state index is 0.0571. The van der Waals surface area contributed by atoms with E-state index in [2.05, 4.69) is 18.2 Å². The molecule has 0 unspecified atom stereocenters. The van der Waals surface area contributed by atoms with E-state index in [1.165, 1.54) is 4.88 Å². The first-order valence-corrected chi connectivity index (χ1v) is 11.0. The number of thiophene rings is 1. The Labute approximate surface area is 151 Å². The molecule has 25 heavy (non-hydrogen) atoms. The van der Waals surface area contributed by atoms with Gasteiger partial charge in [-0.1, -0.05) is 36.4 Å². The predicted molar refractivity (Wildman–Crippen MR) is 98.7 cm³/mol. The molecule has 4 rings (SSSR count). The lowest BCUT2D eigenvalue weighted by molar-refractivity contribution is 0.584. The summed E-state index contributed by atoms with van der Waals surface area (Å²) >= 11 is 1.68. The molecule has 0 spiro atoms. The van der Waals surface area contributed by atoms with E-state index in [0.29, 0.717) is 19.4 Å². The van der Waals surface area contributed by atoms with Gasteiger partial charge in [0.15, 0.2) is 15.7 Å². The van der Waals surface area contributed by atoms with Gasteiger partial charge in [0.25, 0.3) is 0 Å². The Kier molecular flexibility index (Phi) is 4.43. The Morgan fingerprint density at radius 2 is 2.00 bits per heavy atom. The van der Waals surface area contributed by atoms with Crippen molar-refractivity contribution in [3.63, 3.8) is 0 Å². The minimum Gasteiger partial charge on any atom is -0.245 e. The number of benzene rings is 1. The number of sulfone groups is 1. The van der Waals surface area contributed by atoms with Crippen molar-refractivity contribution in [1.82, 2.24) is 14.8 Å². The second-order valence-electron chi connectivity index (χ2n) is 6.39.